The molecule has 0 saturated heterocycles. The van der Waals surface area contributed by atoms with E-state index in [-0.39, 0.29) is 6.42 Å². The molecule has 0 amide bonds. The molecular weight excluding hydrogens is 293 g/mol. The zero-order valence-electron chi connectivity index (χ0n) is 13.0. The van der Waals surface area contributed by atoms with E-state index in [0.717, 1.165) is 5.56 Å². The number of esters is 1. The van der Waals surface area contributed by atoms with Crippen molar-refractivity contribution in [1.29, 1.82) is 0 Å². The molecule has 0 radical (unpaired) electrons. The number of hydrogen-bond acceptors (Lipinski definition) is 4. The zero-order valence-corrected chi connectivity index (χ0v) is 13.8. The van der Waals surface area contributed by atoms with Crippen LogP contribution in [0.5, 0.6) is 0 Å². The van der Waals surface area contributed by atoms with Crippen molar-refractivity contribution in [1.82, 2.24) is 4.72 Å². The van der Waals surface area contributed by atoms with Gasteiger partial charge in [0.05, 0.1) is 19.6 Å². The number of aryl methyl sites for hydroxylation is 1. The summed E-state index contributed by atoms with van der Waals surface area (Å²) in [5.74, 6) is -0.924. The smallest absolute Gasteiger partial charge is 0.307 e. The van der Waals surface area contributed by atoms with Crippen LogP contribution < -0.4 is 4.72 Å². The van der Waals surface area contributed by atoms with Gasteiger partial charge in [-0.05, 0) is 33.8 Å². The number of rotatable bonds is 5. The lowest BCUT2D eigenvalue weighted by Gasteiger charge is -2.28. The Morgan fingerprint density at radius 3 is 2.62 bits per heavy atom. The highest BCUT2D eigenvalue weighted by atomic mass is 32.2. The number of carbonyl (C=O) groups excluding carboxylic acids is 1. The van der Waals surface area contributed by atoms with Gasteiger partial charge in [0.15, 0.2) is 0 Å². The molecule has 0 aromatic heterocycles. The van der Waals surface area contributed by atoms with Crippen molar-refractivity contribution in [3.05, 3.63) is 35.1 Å². The molecule has 0 bridgehead atoms. The van der Waals surface area contributed by atoms with Crippen LogP contribution in [0.25, 0.3) is 0 Å². The van der Waals surface area contributed by atoms with Crippen LogP contribution in [0, 0.1) is 12.7 Å². The number of halogens is 1. The van der Waals surface area contributed by atoms with Crippen LogP contribution >= 0.6 is 0 Å². The third-order valence-electron chi connectivity index (χ3n) is 2.93. The molecule has 6 heteroatoms. The van der Waals surface area contributed by atoms with Gasteiger partial charge in [-0.3, -0.25) is 4.79 Å². The van der Waals surface area contributed by atoms with Gasteiger partial charge in [-0.1, -0.05) is 17.7 Å². The van der Waals surface area contributed by atoms with Crippen molar-refractivity contribution < 1.29 is 18.5 Å². The Kier molecular flexibility index (Phi) is 6.19. The number of nitrogens with one attached hydrogen (secondary N) is 1. The van der Waals surface area contributed by atoms with E-state index in [1.807, 2.05) is 6.92 Å². The molecule has 0 aliphatic rings. The van der Waals surface area contributed by atoms with E-state index in [4.69, 9.17) is 0 Å². The Morgan fingerprint density at radius 2 is 2.10 bits per heavy atom. The summed E-state index contributed by atoms with van der Waals surface area (Å²) in [6.07, 6.45) is -0.0846. The highest BCUT2D eigenvalue weighted by Crippen LogP contribution is 2.25. The summed E-state index contributed by atoms with van der Waals surface area (Å²) >= 11 is -1.43. The lowest BCUT2D eigenvalue weighted by atomic mass is 10.0. The van der Waals surface area contributed by atoms with E-state index in [1.54, 1.807) is 32.9 Å². The summed E-state index contributed by atoms with van der Waals surface area (Å²) in [6, 6.07) is 3.94. The SMILES string of the molecule is COC(=O)C[C@H](N[S@+]([O-])C(C)(C)C)c1cc(C)ccc1F. The van der Waals surface area contributed by atoms with Gasteiger partial charge in [0.25, 0.3) is 0 Å². The quantitative estimate of drug-likeness (QED) is 0.670. The second-order valence-electron chi connectivity index (χ2n) is 5.86. The summed E-state index contributed by atoms with van der Waals surface area (Å²) in [4.78, 5) is 11.5. The van der Waals surface area contributed by atoms with E-state index in [2.05, 4.69) is 9.46 Å². The molecular formula is C15H22FNO3S. The van der Waals surface area contributed by atoms with Crippen molar-refractivity contribution in [3.63, 3.8) is 0 Å². The molecule has 1 aromatic carbocycles. The fourth-order valence-corrected chi connectivity index (χ4v) is 2.52. The van der Waals surface area contributed by atoms with Crippen LogP contribution in [0.3, 0.4) is 0 Å². The van der Waals surface area contributed by atoms with E-state index >= 15 is 0 Å². The van der Waals surface area contributed by atoms with E-state index in [1.165, 1.54) is 13.2 Å². The van der Waals surface area contributed by atoms with E-state index in [9.17, 15) is 13.7 Å². The summed E-state index contributed by atoms with van der Waals surface area (Å²) in [5.41, 5.74) is 1.18. The number of carbonyl (C=O) groups is 1. The van der Waals surface area contributed by atoms with Crippen molar-refractivity contribution in [3.8, 4) is 0 Å². The molecule has 0 aliphatic heterocycles. The van der Waals surface area contributed by atoms with Crippen LogP contribution in [-0.2, 0) is 20.9 Å². The Labute approximate surface area is 128 Å². The van der Waals surface area contributed by atoms with Gasteiger partial charge >= 0.3 is 5.97 Å². The summed E-state index contributed by atoms with van der Waals surface area (Å²) in [6.45, 7) is 7.24. The first-order chi connectivity index (χ1) is 9.65. The van der Waals surface area contributed by atoms with Gasteiger partial charge in [0.2, 0.25) is 0 Å². The fraction of sp³-hybridized carbons (Fsp3) is 0.533. The average molecular weight is 315 g/mol. The molecule has 2 atom stereocenters. The maximum Gasteiger partial charge on any atom is 0.307 e. The van der Waals surface area contributed by atoms with Crippen LogP contribution in [0.4, 0.5) is 4.39 Å². The second-order valence-corrected chi connectivity index (χ2v) is 7.85. The summed E-state index contributed by atoms with van der Waals surface area (Å²) < 4.78 is 33.2. The van der Waals surface area contributed by atoms with E-state index < -0.39 is 33.9 Å². The van der Waals surface area contributed by atoms with Gasteiger partial charge in [0, 0.05) is 16.9 Å². The van der Waals surface area contributed by atoms with Gasteiger partial charge in [0.1, 0.15) is 10.6 Å². The van der Waals surface area contributed by atoms with E-state index in [0.29, 0.717) is 5.56 Å². The minimum absolute atomic E-state index is 0.0846. The first kappa shape index (κ1) is 17.9. The topological polar surface area (TPSA) is 61.4 Å². The molecule has 1 rings (SSSR count). The molecule has 0 aliphatic carbocycles. The maximum absolute atomic E-state index is 14.0. The molecule has 1 N–H and O–H groups in total. The van der Waals surface area contributed by atoms with Crippen LogP contribution in [0.15, 0.2) is 18.2 Å². The molecule has 0 heterocycles. The van der Waals surface area contributed by atoms with Crippen molar-refractivity contribution in [2.24, 2.45) is 0 Å². The highest BCUT2D eigenvalue weighted by molar-refractivity contribution is 7.90. The van der Waals surface area contributed by atoms with Crippen LogP contribution in [-0.4, -0.2) is 22.4 Å². The Bertz CT molecular complexity index is 502. The minimum Gasteiger partial charge on any atom is -0.598 e. The zero-order chi connectivity index (χ0) is 16.2. The molecule has 118 valence electrons. The number of methoxy groups -OCH3 is 1. The van der Waals surface area contributed by atoms with Crippen molar-refractivity contribution in [2.45, 2.75) is 44.9 Å². The van der Waals surface area contributed by atoms with Crippen molar-refractivity contribution >= 4 is 17.3 Å². The van der Waals surface area contributed by atoms with Crippen LogP contribution in [0.1, 0.15) is 44.4 Å². The number of benzene rings is 1. The normalized spacial score (nSPS) is 14.6. The van der Waals surface area contributed by atoms with Gasteiger partial charge in [-0.25, -0.2) is 4.39 Å². The standard InChI is InChI=1S/C15H22FNO3S/c1-10-6-7-12(16)11(8-10)13(9-14(18)20-5)17-21(19)15(2,3)4/h6-8,13,17H,9H2,1-5H3/t13-,21+/m0/s1. The minimum atomic E-state index is -1.43. The maximum atomic E-state index is 14.0. The monoisotopic (exact) mass is 315 g/mol. The van der Waals surface area contributed by atoms with Gasteiger partial charge in [-0.2, -0.15) is 0 Å². The molecule has 0 unspecified atom stereocenters. The molecule has 21 heavy (non-hydrogen) atoms. The Hall–Kier alpha value is -1.11. The first-order valence-corrected chi connectivity index (χ1v) is 7.81. The Balaban J connectivity index is 3.07. The largest absolute Gasteiger partial charge is 0.598 e. The van der Waals surface area contributed by atoms with Crippen LogP contribution in [0.2, 0.25) is 0 Å². The lowest BCUT2D eigenvalue weighted by Crippen LogP contribution is -2.42. The second kappa shape index (κ2) is 7.24. The van der Waals surface area contributed by atoms with Gasteiger partial charge < -0.3 is 9.29 Å². The fourth-order valence-electron chi connectivity index (χ4n) is 1.70. The first-order valence-electron chi connectivity index (χ1n) is 6.66. The number of ether oxygens (including phenoxy) is 1. The number of hydrogen-bond donors (Lipinski definition) is 1. The average Bonchev–Trinajstić information content (AvgIpc) is 2.39. The Morgan fingerprint density at radius 1 is 1.48 bits per heavy atom. The molecule has 4 nitrogen and oxygen atoms in total. The third-order valence-corrected chi connectivity index (χ3v) is 4.54. The lowest BCUT2D eigenvalue weighted by molar-refractivity contribution is -0.141. The summed E-state index contributed by atoms with van der Waals surface area (Å²) in [7, 11) is 1.27. The van der Waals surface area contributed by atoms with Crippen molar-refractivity contribution in [2.75, 3.05) is 7.11 Å². The molecule has 0 saturated carbocycles. The predicted molar refractivity (Wildman–Crippen MR) is 81.5 cm³/mol. The third kappa shape index (κ3) is 5.30. The highest BCUT2D eigenvalue weighted by Gasteiger charge is 2.32. The predicted octanol–water partition coefficient (Wildman–Crippen LogP) is 2.79. The molecule has 1 aromatic rings. The molecule has 0 spiro atoms. The molecule has 0 fully saturated rings. The summed E-state index contributed by atoms with van der Waals surface area (Å²) in [5, 5.41) is 0. The van der Waals surface area contributed by atoms with Gasteiger partial charge in [-0.15, -0.1) is 4.72 Å².